The topological polar surface area (TPSA) is 59.1 Å². The summed E-state index contributed by atoms with van der Waals surface area (Å²) in [6.07, 6.45) is 3.15. The summed E-state index contributed by atoms with van der Waals surface area (Å²) in [6.45, 7) is 11.1. The van der Waals surface area contributed by atoms with Crippen molar-refractivity contribution in [2.24, 2.45) is 0 Å². The lowest BCUT2D eigenvalue weighted by atomic mass is 10.3. The number of likely N-dealkylation sites (N-methyl/N-ethyl adjacent to an activating group) is 1. The predicted molar refractivity (Wildman–Crippen MR) is 93.3 cm³/mol. The summed E-state index contributed by atoms with van der Waals surface area (Å²) < 4.78 is 9.63. The van der Waals surface area contributed by atoms with Gasteiger partial charge in [-0.3, -0.25) is 0 Å². The highest BCUT2D eigenvalue weighted by Gasteiger charge is 2.01. The maximum absolute atomic E-state index is 10.8. The fraction of sp³-hybridized carbons (Fsp3) is 0.647. The molecule has 0 saturated carbocycles. The molecule has 0 unspecified atom stereocenters. The van der Waals surface area contributed by atoms with E-state index in [0.717, 1.165) is 25.9 Å². The third kappa shape index (κ3) is 20.3. The molecule has 0 N–H and O–H groups in total. The summed E-state index contributed by atoms with van der Waals surface area (Å²) in [5, 5.41) is 0. The van der Waals surface area contributed by atoms with Crippen molar-refractivity contribution in [2.45, 2.75) is 19.8 Å². The third-order valence-electron chi connectivity index (χ3n) is 2.53. The smallest absolute Gasteiger partial charge is 0.333 e. The molecule has 6 nitrogen and oxygen atoms in total. The zero-order valence-electron chi connectivity index (χ0n) is 15.3. The number of hydrogen-bond acceptors (Lipinski definition) is 6. The first kappa shape index (κ1) is 23.6. The second-order valence-electron chi connectivity index (χ2n) is 5.60. The lowest BCUT2D eigenvalue weighted by molar-refractivity contribution is -0.139. The van der Waals surface area contributed by atoms with Crippen LogP contribution in [0.2, 0.25) is 0 Å². The van der Waals surface area contributed by atoms with E-state index in [2.05, 4.69) is 18.1 Å². The van der Waals surface area contributed by atoms with Gasteiger partial charge in [0, 0.05) is 18.2 Å². The van der Waals surface area contributed by atoms with Gasteiger partial charge in [0.1, 0.15) is 6.61 Å². The normalized spacial score (nSPS) is 9.87. The van der Waals surface area contributed by atoms with Gasteiger partial charge in [0.2, 0.25) is 0 Å². The molecule has 0 amide bonds. The molecule has 0 aliphatic heterocycles. The van der Waals surface area contributed by atoms with Crippen LogP contribution in [0, 0.1) is 0 Å². The first-order chi connectivity index (χ1) is 10.7. The third-order valence-corrected chi connectivity index (χ3v) is 2.53. The van der Waals surface area contributed by atoms with Crippen LogP contribution in [0.5, 0.6) is 0 Å². The van der Waals surface area contributed by atoms with Gasteiger partial charge in [-0.15, -0.1) is 0 Å². The quantitative estimate of drug-likeness (QED) is 0.346. The van der Waals surface area contributed by atoms with Crippen LogP contribution in [0.25, 0.3) is 0 Å². The molecule has 0 bridgehead atoms. The summed E-state index contributed by atoms with van der Waals surface area (Å²) in [5.41, 5.74) is 0.448. The van der Waals surface area contributed by atoms with Crippen LogP contribution in [0.15, 0.2) is 24.8 Å². The SMILES string of the molecule is C=C(C)C(=O)OCCN(C)C.C=CC(=O)OCCCCN(C)C. The minimum atomic E-state index is -0.333. The lowest BCUT2D eigenvalue weighted by Crippen LogP contribution is -2.20. The van der Waals surface area contributed by atoms with Gasteiger partial charge in [-0.05, 0) is 54.5 Å². The van der Waals surface area contributed by atoms with Crippen LogP contribution in [-0.2, 0) is 19.1 Å². The molecule has 0 aromatic carbocycles. The lowest BCUT2D eigenvalue weighted by Gasteiger charge is -2.09. The van der Waals surface area contributed by atoms with E-state index in [0.29, 0.717) is 18.8 Å². The second-order valence-corrected chi connectivity index (χ2v) is 5.60. The molecule has 0 spiro atoms. The Morgan fingerprint density at radius 3 is 1.96 bits per heavy atom. The number of ether oxygens (including phenoxy) is 2. The maximum Gasteiger partial charge on any atom is 0.333 e. The molecule has 0 heterocycles. The van der Waals surface area contributed by atoms with E-state index in [1.807, 2.05) is 33.1 Å². The van der Waals surface area contributed by atoms with E-state index in [4.69, 9.17) is 9.47 Å². The van der Waals surface area contributed by atoms with E-state index >= 15 is 0 Å². The molecule has 0 aromatic heterocycles. The van der Waals surface area contributed by atoms with Crippen molar-refractivity contribution in [3.63, 3.8) is 0 Å². The van der Waals surface area contributed by atoms with E-state index in [1.54, 1.807) is 6.92 Å². The Labute approximate surface area is 140 Å². The highest BCUT2D eigenvalue weighted by molar-refractivity contribution is 5.86. The van der Waals surface area contributed by atoms with Crippen LogP contribution in [0.3, 0.4) is 0 Å². The first-order valence-corrected chi connectivity index (χ1v) is 7.62. The minimum absolute atomic E-state index is 0.313. The molecule has 0 aliphatic carbocycles. The zero-order chi connectivity index (χ0) is 18.3. The van der Waals surface area contributed by atoms with Crippen molar-refractivity contribution in [3.8, 4) is 0 Å². The van der Waals surface area contributed by atoms with Gasteiger partial charge in [-0.1, -0.05) is 13.2 Å². The number of nitrogens with zero attached hydrogens (tertiary/aromatic N) is 2. The van der Waals surface area contributed by atoms with Gasteiger partial charge in [-0.25, -0.2) is 9.59 Å². The zero-order valence-corrected chi connectivity index (χ0v) is 15.3. The van der Waals surface area contributed by atoms with Crippen LogP contribution < -0.4 is 0 Å². The van der Waals surface area contributed by atoms with Gasteiger partial charge >= 0.3 is 11.9 Å². The fourth-order valence-electron chi connectivity index (χ4n) is 1.21. The molecule has 0 aliphatic rings. The van der Waals surface area contributed by atoms with Crippen LogP contribution in [-0.4, -0.2) is 76.2 Å². The van der Waals surface area contributed by atoms with Crippen molar-refractivity contribution in [3.05, 3.63) is 24.8 Å². The van der Waals surface area contributed by atoms with Crippen molar-refractivity contribution in [1.29, 1.82) is 0 Å². The van der Waals surface area contributed by atoms with Crippen molar-refractivity contribution in [2.75, 3.05) is 54.5 Å². The number of carbonyl (C=O) groups excluding carboxylic acids is 2. The summed E-state index contributed by atoms with van der Waals surface area (Å²) in [5.74, 6) is -0.647. The average Bonchev–Trinajstić information content (AvgIpc) is 2.46. The largest absolute Gasteiger partial charge is 0.463 e. The van der Waals surface area contributed by atoms with Crippen molar-refractivity contribution < 1.29 is 19.1 Å². The molecular weight excluding hydrogens is 296 g/mol. The first-order valence-electron chi connectivity index (χ1n) is 7.62. The minimum Gasteiger partial charge on any atom is -0.463 e. The van der Waals surface area contributed by atoms with Crippen LogP contribution in [0.1, 0.15) is 19.8 Å². The molecule has 0 radical (unpaired) electrons. The summed E-state index contributed by atoms with van der Waals surface area (Å²) >= 11 is 0. The molecule has 0 aromatic rings. The second kappa shape index (κ2) is 15.2. The van der Waals surface area contributed by atoms with E-state index in [1.165, 1.54) is 6.08 Å². The molecule has 23 heavy (non-hydrogen) atoms. The predicted octanol–water partition coefficient (Wildman–Crippen LogP) is 1.72. The molecule has 0 saturated heterocycles. The Balaban J connectivity index is 0. The number of hydrogen-bond donors (Lipinski definition) is 0. The van der Waals surface area contributed by atoms with Crippen LogP contribution in [0.4, 0.5) is 0 Å². The van der Waals surface area contributed by atoms with Gasteiger partial charge in [0.25, 0.3) is 0 Å². The van der Waals surface area contributed by atoms with Crippen molar-refractivity contribution in [1.82, 2.24) is 9.80 Å². The average molecular weight is 328 g/mol. The monoisotopic (exact) mass is 328 g/mol. The Bertz CT molecular complexity index is 366. The highest BCUT2D eigenvalue weighted by Crippen LogP contribution is 1.92. The molecule has 134 valence electrons. The number of unbranched alkanes of at least 4 members (excludes halogenated alkanes) is 1. The fourth-order valence-corrected chi connectivity index (χ4v) is 1.21. The van der Waals surface area contributed by atoms with Gasteiger partial charge in [0.05, 0.1) is 6.61 Å². The van der Waals surface area contributed by atoms with Crippen LogP contribution >= 0.6 is 0 Å². The molecule has 6 heteroatoms. The molecule has 0 rings (SSSR count). The maximum atomic E-state index is 10.8. The Morgan fingerprint density at radius 2 is 1.52 bits per heavy atom. The number of esters is 2. The highest BCUT2D eigenvalue weighted by atomic mass is 16.5. The summed E-state index contributed by atoms with van der Waals surface area (Å²) in [6, 6.07) is 0. The van der Waals surface area contributed by atoms with E-state index in [-0.39, 0.29) is 11.9 Å². The molecular formula is C17H32N2O4. The molecule has 0 atom stereocenters. The van der Waals surface area contributed by atoms with E-state index < -0.39 is 0 Å². The van der Waals surface area contributed by atoms with Crippen molar-refractivity contribution >= 4 is 11.9 Å². The Morgan fingerprint density at radius 1 is 0.957 bits per heavy atom. The standard InChI is InChI=1S/C9H17NO2.C8H15NO2/c1-4-9(11)12-8-6-5-7-10(2)3;1-7(2)8(10)11-6-5-9(3)4/h4H,1,5-8H2,2-3H3;1,5-6H2,2-4H3. The Kier molecular flexibility index (Phi) is 15.6. The Hall–Kier alpha value is -1.66. The number of rotatable bonds is 10. The van der Waals surface area contributed by atoms with Gasteiger partial charge in [-0.2, -0.15) is 0 Å². The van der Waals surface area contributed by atoms with E-state index in [9.17, 15) is 9.59 Å². The molecule has 0 fully saturated rings. The number of carbonyl (C=O) groups is 2. The van der Waals surface area contributed by atoms with Gasteiger partial charge in [0.15, 0.2) is 0 Å². The summed E-state index contributed by atoms with van der Waals surface area (Å²) in [4.78, 5) is 25.4. The summed E-state index contributed by atoms with van der Waals surface area (Å²) in [7, 11) is 7.90. The van der Waals surface area contributed by atoms with Gasteiger partial charge < -0.3 is 19.3 Å².